The summed E-state index contributed by atoms with van der Waals surface area (Å²) < 4.78 is 7.64. The molecule has 7 heteroatoms. The summed E-state index contributed by atoms with van der Waals surface area (Å²) in [6.07, 6.45) is 4.83. The molecule has 0 unspecified atom stereocenters. The molecule has 3 aromatic heterocycles. The largest absolute Gasteiger partial charge is 0.444 e. The molecule has 0 aliphatic carbocycles. The molecule has 0 amide bonds. The average Bonchev–Trinajstić information content (AvgIpc) is 3.05. The van der Waals surface area contributed by atoms with Gasteiger partial charge in [-0.15, -0.1) is 11.6 Å². The molecule has 3 heterocycles. The van der Waals surface area contributed by atoms with Crippen molar-refractivity contribution in [3.05, 3.63) is 41.0 Å². The molecule has 0 aliphatic heterocycles. The predicted octanol–water partition coefficient (Wildman–Crippen LogP) is 3.46. The molecule has 3 rings (SSSR count). The zero-order chi connectivity index (χ0) is 14.8. The van der Waals surface area contributed by atoms with Crippen molar-refractivity contribution in [1.82, 2.24) is 19.5 Å². The van der Waals surface area contributed by atoms with E-state index in [4.69, 9.17) is 27.6 Å². The van der Waals surface area contributed by atoms with E-state index in [1.54, 1.807) is 18.5 Å². The molecule has 0 saturated heterocycles. The van der Waals surface area contributed by atoms with Crippen LogP contribution in [-0.2, 0) is 19.4 Å². The van der Waals surface area contributed by atoms with Crippen LogP contribution in [0.3, 0.4) is 0 Å². The molecular formula is C14H14Cl2N4O. The summed E-state index contributed by atoms with van der Waals surface area (Å²) in [7, 11) is 0. The molecule has 0 N–H and O–H groups in total. The van der Waals surface area contributed by atoms with E-state index in [2.05, 4.69) is 15.0 Å². The Balaban J connectivity index is 2.03. The van der Waals surface area contributed by atoms with Crippen LogP contribution in [0, 0.1) is 0 Å². The minimum absolute atomic E-state index is 0.483. The number of halogens is 2. The van der Waals surface area contributed by atoms with Crippen molar-refractivity contribution in [2.75, 3.05) is 5.88 Å². The molecule has 21 heavy (non-hydrogen) atoms. The molecule has 0 saturated carbocycles. The summed E-state index contributed by atoms with van der Waals surface area (Å²) >= 11 is 11.8. The molecule has 0 radical (unpaired) electrons. The van der Waals surface area contributed by atoms with E-state index in [9.17, 15) is 0 Å². The highest BCUT2D eigenvalue weighted by Crippen LogP contribution is 2.20. The van der Waals surface area contributed by atoms with Gasteiger partial charge >= 0.3 is 0 Å². The van der Waals surface area contributed by atoms with Crippen LogP contribution in [0.4, 0.5) is 0 Å². The maximum Gasteiger partial charge on any atom is 0.214 e. The van der Waals surface area contributed by atoms with Gasteiger partial charge in [0.25, 0.3) is 0 Å². The first-order chi connectivity index (χ1) is 10.2. The lowest BCUT2D eigenvalue weighted by Crippen LogP contribution is -2.07. The molecule has 0 aliphatic rings. The quantitative estimate of drug-likeness (QED) is 0.674. The van der Waals surface area contributed by atoms with Crippen LogP contribution in [0.25, 0.3) is 11.2 Å². The zero-order valence-corrected chi connectivity index (χ0v) is 13.0. The van der Waals surface area contributed by atoms with E-state index in [1.165, 1.54) is 0 Å². The fourth-order valence-corrected chi connectivity index (χ4v) is 2.52. The molecule has 0 atom stereocenters. The van der Waals surface area contributed by atoms with E-state index >= 15 is 0 Å². The molecule has 0 fully saturated rings. The van der Waals surface area contributed by atoms with Gasteiger partial charge in [-0.2, -0.15) is 0 Å². The Morgan fingerprint density at radius 1 is 1.29 bits per heavy atom. The van der Waals surface area contributed by atoms with Crippen molar-refractivity contribution >= 4 is 34.4 Å². The third-order valence-electron chi connectivity index (χ3n) is 3.19. The molecular weight excluding hydrogens is 311 g/mol. The number of fused-ring (bicyclic) bond motifs is 1. The zero-order valence-electron chi connectivity index (χ0n) is 11.5. The van der Waals surface area contributed by atoms with Gasteiger partial charge in [0.05, 0.1) is 11.2 Å². The summed E-state index contributed by atoms with van der Waals surface area (Å²) in [6, 6.07) is 1.80. The third-order valence-corrected chi connectivity index (χ3v) is 3.59. The summed E-state index contributed by atoms with van der Waals surface area (Å²) in [5, 5.41) is 0.564. The van der Waals surface area contributed by atoms with E-state index in [-0.39, 0.29) is 0 Å². The van der Waals surface area contributed by atoms with Gasteiger partial charge < -0.3 is 8.98 Å². The fraction of sp³-hybridized carbons (Fsp3) is 0.357. The van der Waals surface area contributed by atoms with Crippen molar-refractivity contribution < 1.29 is 4.42 Å². The second kappa shape index (κ2) is 6.03. The van der Waals surface area contributed by atoms with E-state index < -0.39 is 0 Å². The number of rotatable bonds is 5. The first-order valence-corrected chi connectivity index (χ1v) is 7.62. The minimum Gasteiger partial charge on any atom is -0.444 e. The Labute approximate surface area is 131 Å². The highest BCUT2D eigenvalue weighted by Gasteiger charge is 2.14. The van der Waals surface area contributed by atoms with Crippen LogP contribution in [0.5, 0.6) is 0 Å². The number of hydrogen-bond donors (Lipinski definition) is 0. The highest BCUT2D eigenvalue weighted by molar-refractivity contribution is 6.31. The lowest BCUT2D eigenvalue weighted by atomic mass is 10.4. The summed E-state index contributed by atoms with van der Waals surface area (Å²) in [4.78, 5) is 13.2. The Bertz CT molecular complexity index is 766. The van der Waals surface area contributed by atoms with Gasteiger partial charge in [0.2, 0.25) is 5.89 Å². The number of alkyl halides is 1. The van der Waals surface area contributed by atoms with Crippen LogP contribution >= 0.6 is 23.2 Å². The SMILES string of the molecule is CCc1cnc(Cn2c(CCCl)nc3cc(Cl)cnc32)o1. The second-order valence-corrected chi connectivity index (χ2v) is 5.44. The van der Waals surface area contributed by atoms with Crippen LogP contribution in [0.1, 0.15) is 24.4 Å². The molecule has 0 aromatic carbocycles. The molecule has 0 bridgehead atoms. The maximum atomic E-state index is 5.97. The van der Waals surface area contributed by atoms with Crippen molar-refractivity contribution in [1.29, 1.82) is 0 Å². The second-order valence-electron chi connectivity index (χ2n) is 4.62. The standard InChI is InChI=1S/C14H14Cl2N4O/c1-2-10-7-17-13(21-10)8-20-12(3-4-15)19-11-5-9(16)6-18-14(11)20/h5-7H,2-4,8H2,1H3. The monoisotopic (exact) mass is 324 g/mol. The number of aryl methyl sites for hydroxylation is 2. The molecule has 5 nitrogen and oxygen atoms in total. The van der Waals surface area contributed by atoms with Crippen molar-refractivity contribution in [3.8, 4) is 0 Å². The first kappa shape index (κ1) is 14.4. The minimum atomic E-state index is 0.483. The Morgan fingerprint density at radius 3 is 2.86 bits per heavy atom. The number of nitrogens with zero attached hydrogens (tertiary/aromatic N) is 4. The number of pyridine rings is 1. The van der Waals surface area contributed by atoms with Gasteiger partial charge in [0.1, 0.15) is 23.6 Å². The van der Waals surface area contributed by atoms with Crippen LogP contribution < -0.4 is 0 Å². The van der Waals surface area contributed by atoms with Crippen LogP contribution in [0.15, 0.2) is 22.9 Å². The molecule has 0 spiro atoms. The van der Waals surface area contributed by atoms with Gasteiger partial charge in [0, 0.05) is 24.9 Å². The average molecular weight is 325 g/mol. The smallest absolute Gasteiger partial charge is 0.214 e. The number of oxazole rings is 1. The predicted molar refractivity (Wildman–Crippen MR) is 81.9 cm³/mol. The van der Waals surface area contributed by atoms with Crippen molar-refractivity contribution in [2.45, 2.75) is 26.3 Å². The van der Waals surface area contributed by atoms with Gasteiger partial charge in [-0.3, -0.25) is 0 Å². The molecule has 110 valence electrons. The van der Waals surface area contributed by atoms with Crippen molar-refractivity contribution in [3.63, 3.8) is 0 Å². The fourth-order valence-electron chi connectivity index (χ4n) is 2.19. The number of hydrogen-bond acceptors (Lipinski definition) is 4. The van der Waals surface area contributed by atoms with E-state index in [0.29, 0.717) is 29.8 Å². The Morgan fingerprint density at radius 2 is 2.14 bits per heavy atom. The normalized spacial score (nSPS) is 11.4. The van der Waals surface area contributed by atoms with Gasteiger partial charge in [0.15, 0.2) is 5.65 Å². The summed E-state index contributed by atoms with van der Waals surface area (Å²) in [5.74, 6) is 2.84. The van der Waals surface area contributed by atoms with Gasteiger partial charge in [-0.05, 0) is 6.07 Å². The summed E-state index contributed by atoms with van der Waals surface area (Å²) in [6.45, 7) is 2.51. The number of imidazole rings is 1. The molecule has 3 aromatic rings. The number of aromatic nitrogens is 4. The van der Waals surface area contributed by atoms with Gasteiger partial charge in [-0.25, -0.2) is 15.0 Å². The van der Waals surface area contributed by atoms with Crippen molar-refractivity contribution in [2.24, 2.45) is 0 Å². The first-order valence-electron chi connectivity index (χ1n) is 6.71. The lowest BCUT2D eigenvalue weighted by Gasteiger charge is -2.05. The van der Waals surface area contributed by atoms with Gasteiger partial charge in [-0.1, -0.05) is 18.5 Å². The van der Waals surface area contributed by atoms with Crippen LogP contribution in [0.2, 0.25) is 5.02 Å². The Kier molecular flexibility index (Phi) is 4.12. The topological polar surface area (TPSA) is 56.7 Å². The maximum absolute atomic E-state index is 5.97. The van der Waals surface area contributed by atoms with E-state index in [1.807, 2.05) is 11.5 Å². The van der Waals surface area contributed by atoms with E-state index in [0.717, 1.165) is 29.2 Å². The van der Waals surface area contributed by atoms with Crippen LogP contribution in [-0.4, -0.2) is 25.4 Å². The lowest BCUT2D eigenvalue weighted by molar-refractivity contribution is 0.445. The Hall–Kier alpha value is -1.59. The highest BCUT2D eigenvalue weighted by atomic mass is 35.5. The third kappa shape index (κ3) is 2.89. The summed E-state index contributed by atoms with van der Waals surface area (Å²) in [5.41, 5.74) is 1.51.